The zero-order valence-corrected chi connectivity index (χ0v) is 7.39. The topological polar surface area (TPSA) is 66.4 Å². The number of carbonyl (C=O) groups is 2. The van der Waals surface area contributed by atoms with Crippen molar-refractivity contribution in [1.82, 2.24) is 5.32 Å². The normalized spacial score (nSPS) is 20.9. The zero-order valence-electron chi connectivity index (χ0n) is 7.39. The monoisotopic (exact) mass is 213 g/mol. The van der Waals surface area contributed by atoms with Crippen molar-refractivity contribution in [3.8, 4) is 0 Å². The molecule has 7 heteroatoms. The first-order valence-corrected chi connectivity index (χ1v) is 3.83. The average molecular weight is 213 g/mol. The molecule has 1 aliphatic rings. The Kier molecular flexibility index (Phi) is 4.39. The Morgan fingerprint density at radius 1 is 1.57 bits per heavy atom. The highest BCUT2D eigenvalue weighted by atomic mass is 19.4. The van der Waals surface area contributed by atoms with E-state index in [1.165, 1.54) is 0 Å². The second-order valence-corrected chi connectivity index (χ2v) is 2.81. The van der Waals surface area contributed by atoms with Gasteiger partial charge in [-0.15, -0.1) is 0 Å². The minimum Gasteiger partial charge on any atom is -0.475 e. The predicted molar refractivity (Wildman–Crippen MR) is 40.5 cm³/mol. The summed E-state index contributed by atoms with van der Waals surface area (Å²) in [5.41, 5.74) is 0. The number of rotatable bonds is 0. The van der Waals surface area contributed by atoms with Crippen molar-refractivity contribution in [2.45, 2.75) is 32.0 Å². The molecule has 0 aromatic heterocycles. The molecule has 1 heterocycles. The summed E-state index contributed by atoms with van der Waals surface area (Å²) in [7, 11) is 0. The minimum atomic E-state index is -5.08. The van der Waals surface area contributed by atoms with E-state index in [-0.39, 0.29) is 5.91 Å². The summed E-state index contributed by atoms with van der Waals surface area (Å²) in [5, 5.41) is 9.90. The van der Waals surface area contributed by atoms with E-state index in [0.29, 0.717) is 6.04 Å². The van der Waals surface area contributed by atoms with E-state index in [2.05, 4.69) is 5.32 Å². The average Bonchev–Trinajstić information content (AvgIpc) is 2.33. The number of hydrogen-bond acceptors (Lipinski definition) is 2. The van der Waals surface area contributed by atoms with E-state index in [9.17, 15) is 18.0 Å². The fourth-order valence-electron chi connectivity index (χ4n) is 0.767. The van der Waals surface area contributed by atoms with Gasteiger partial charge < -0.3 is 10.4 Å². The third-order valence-corrected chi connectivity index (χ3v) is 1.45. The lowest BCUT2D eigenvalue weighted by Gasteiger charge is -1.95. The largest absolute Gasteiger partial charge is 0.490 e. The van der Waals surface area contributed by atoms with Gasteiger partial charge in [0, 0.05) is 12.5 Å². The van der Waals surface area contributed by atoms with Gasteiger partial charge in [0.15, 0.2) is 0 Å². The smallest absolute Gasteiger partial charge is 0.475 e. The number of amides is 1. The standard InChI is InChI=1S/C5H9NO.C2HF3O2/c1-4-2-3-5(7)6-4;3-2(4,5)1(6)7/h4H,2-3H2,1H3,(H,6,7);(H,6,7). The first-order valence-electron chi connectivity index (χ1n) is 3.83. The number of carbonyl (C=O) groups excluding carboxylic acids is 1. The Bertz CT molecular complexity index is 227. The van der Waals surface area contributed by atoms with Crippen molar-refractivity contribution in [1.29, 1.82) is 0 Å². The number of halogens is 3. The molecule has 0 spiro atoms. The maximum atomic E-state index is 10.6. The van der Waals surface area contributed by atoms with Gasteiger partial charge in [-0.3, -0.25) is 4.79 Å². The lowest BCUT2D eigenvalue weighted by molar-refractivity contribution is -0.192. The number of alkyl halides is 3. The van der Waals surface area contributed by atoms with Crippen LogP contribution in [-0.2, 0) is 9.59 Å². The van der Waals surface area contributed by atoms with Crippen molar-refractivity contribution in [2.24, 2.45) is 0 Å². The van der Waals surface area contributed by atoms with Crippen molar-refractivity contribution in [3.05, 3.63) is 0 Å². The number of carboxylic acids is 1. The Hall–Kier alpha value is -1.27. The predicted octanol–water partition coefficient (Wildman–Crippen LogP) is 0.918. The molecule has 1 amide bonds. The van der Waals surface area contributed by atoms with Gasteiger partial charge in [0.2, 0.25) is 5.91 Å². The maximum absolute atomic E-state index is 10.6. The Balaban J connectivity index is 0.000000241. The van der Waals surface area contributed by atoms with E-state index >= 15 is 0 Å². The maximum Gasteiger partial charge on any atom is 0.490 e. The van der Waals surface area contributed by atoms with Crippen molar-refractivity contribution in [3.63, 3.8) is 0 Å². The van der Waals surface area contributed by atoms with Gasteiger partial charge in [-0.2, -0.15) is 13.2 Å². The van der Waals surface area contributed by atoms with Gasteiger partial charge in [-0.1, -0.05) is 0 Å². The highest BCUT2D eigenvalue weighted by Gasteiger charge is 2.38. The minimum absolute atomic E-state index is 0.201. The molecule has 1 rings (SSSR count). The van der Waals surface area contributed by atoms with Crippen LogP contribution in [0, 0.1) is 0 Å². The van der Waals surface area contributed by atoms with E-state index < -0.39 is 12.1 Å². The van der Waals surface area contributed by atoms with Crippen LogP contribution in [-0.4, -0.2) is 29.2 Å². The molecule has 0 aliphatic carbocycles. The first-order chi connectivity index (χ1) is 6.23. The highest BCUT2D eigenvalue weighted by Crippen LogP contribution is 2.13. The summed E-state index contributed by atoms with van der Waals surface area (Å²) >= 11 is 0. The Labute approximate surface area is 78.1 Å². The van der Waals surface area contributed by atoms with Crippen molar-refractivity contribution < 1.29 is 27.9 Å². The molecule has 1 aliphatic heterocycles. The number of aliphatic carboxylic acids is 1. The summed E-state index contributed by atoms with van der Waals surface area (Å²) in [5.74, 6) is -2.56. The van der Waals surface area contributed by atoms with E-state index in [1.54, 1.807) is 0 Å². The van der Waals surface area contributed by atoms with Gasteiger partial charge in [0.25, 0.3) is 0 Å². The van der Waals surface area contributed by atoms with Crippen LogP contribution >= 0.6 is 0 Å². The molecule has 82 valence electrons. The van der Waals surface area contributed by atoms with Gasteiger partial charge in [0.05, 0.1) is 0 Å². The highest BCUT2D eigenvalue weighted by molar-refractivity contribution is 5.78. The molecule has 14 heavy (non-hydrogen) atoms. The molecule has 1 saturated heterocycles. The second kappa shape index (κ2) is 4.83. The Morgan fingerprint density at radius 2 is 2.00 bits per heavy atom. The fraction of sp³-hybridized carbons (Fsp3) is 0.714. The van der Waals surface area contributed by atoms with Gasteiger partial charge >= 0.3 is 12.1 Å². The van der Waals surface area contributed by atoms with E-state index in [4.69, 9.17) is 9.90 Å². The van der Waals surface area contributed by atoms with Crippen LogP contribution in [0.25, 0.3) is 0 Å². The van der Waals surface area contributed by atoms with Crippen LogP contribution in [0.5, 0.6) is 0 Å². The molecule has 2 N–H and O–H groups in total. The number of nitrogens with one attached hydrogen (secondary N) is 1. The summed E-state index contributed by atoms with van der Waals surface area (Å²) in [6.07, 6.45) is -3.35. The van der Waals surface area contributed by atoms with Crippen molar-refractivity contribution >= 4 is 11.9 Å². The Morgan fingerprint density at radius 3 is 2.07 bits per heavy atom. The molecule has 4 nitrogen and oxygen atoms in total. The molecule has 0 saturated carbocycles. The van der Waals surface area contributed by atoms with Gasteiger partial charge in [-0.25, -0.2) is 4.79 Å². The van der Waals surface area contributed by atoms with Crippen LogP contribution in [0.4, 0.5) is 13.2 Å². The molecule has 0 bridgehead atoms. The third kappa shape index (κ3) is 5.39. The molecule has 0 aromatic rings. The lowest BCUT2D eigenvalue weighted by atomic mass is 10.3. The summed E-state index contributed by atoms with van der Waals surface area (Å²) in [6, 6.07) is 0.424. The van der Waals surface area contributed by atoms with Crippen LogP contribution in [0.3, 0.4) is 0 Å². The molecule has 1 atom stereocenters. The molecule has 1 unspecified atom stereocenters. The number of hydrogen-bond donors (Lipinski definition) is 2. The summed E-state index contributed by atoms with van der Waals surface area (Å²) in [6.45, 7) is 2.02. The van der Waals surface area contributed by atoms with Gasteiger partial charge in [-0.05, 0) is 13.3 Å². The summed E-state index contributed by atoms with van der Waals surface area (Å²) < 4.78 is 31.7. The van der Waals surface area contributed by atoms with Crippen LogP contribution in [0.15, 0.2) is 0 Å². The third-order valence-electron chi connectivity index (χ3n) is 1.45. The van der Waals surface area contributed by atoms with Crippen LogP contribution < -0.4 is 5.32 Å². The summed E-state index contributed by atoms with van der Waals surface area (Å²) in [4.78, 5) is 19.2. The SMILES string of the molecule is CC1CCC(=O)N1.O=C(O)C(F)(F)F. The molecular weight excluding hydrogens is 203 g/mol. The van der Waals surface area contributed by atoms with Crippen molar-refractivity contribution in [2.75, 3.05) is 0 Å². The quantitative estimate of drug-likeness (QED) is 0.628. The number of carboxylic acid groups (broad SMARTS) is 1. The zero-order chi connectivity index (χ0) is 11.4. The molecule has 0 aromatic carbocycles. The van der Waals surface area contributed by atoms with E-state index in [1.807, 2.05) is 6.92 Å². The lowest BCUT2D eigenvalue weighted by Crippen LogP contribution is -2.21. The fourth-order valence-corrected chi connectivity index (χ4v) is 0.767. The van der Waals surface area contributed by atoms with Crippen LogP contribution in [0.2, 0.25) is 0 Å². The second-order valence-electron chi connectivity index (χ2n) is 2.81. The molecular formula is C7H10F3NO3. The van der Waals surface area contributed by atoms with E-state index in [0.717, 1.165) is 12.8 Å². The van der Waals surface area contributed by atoms with Crippen LogP contribution in [0.1, 0.15) is 19.8 Å². The molecule has 1 fully saturated rings. The van der Waals surface area contributed by atoms with Gasteiger partial charge in [0.1, 0.15) is 0 Å². The molecule has 0 radical (unpaired) electrons. The first kappa shape index (κ1) is 12.7.